The van der Waals surface area contributed by atoms with Gasteiger partial charge < -0.3 is 10.4 Å². The fourth-order valence-corrected chi connectivity index (χ4v) is 4.03. The molecule has 0 aliphatic carbocycles. The van der Waals surface area contributed by atoms with E-state index in [4.69, 9.17) is 0 Å². The van der Waals surface area contributed by atoms with E-state index < -0.39 is 12.6 Å². The third kappa shape index (κ3) is 5.64. The summed E-state index contributed by atoms with van der Waals surface area (Å²) in [5, 5.41) is 13.3. The van der Waals surface area contributed by atoms with Crippen molar-refractivity contribution < 1.29 is 18.3 Å². The lowest BCUT2D eigenvalue weighted by Crippen LogP contribution is -2.14. The van der Waals surface area contributed by atoms with Crippen LogP contribution in [0.3, 0.4) is 0 Å². The molecule has 0 bridgehead atoms. The normalized spacial score (nSPS) is 12.0. The number of hydrogen-bond acceptors (Lipinski definition) is 4. The third-order valence-corrected chi connectivity index (χ3v) is 5.71. The fraction of sp³-hybridized carbons (Fsp3) is 0.125. The Labute approximate surface area is 181 Å². The Bertz CT molecular complexity index is 1200. The number of benzene rings is 3. The van der Waals surface area contributed by atoms with Gasteiger partial charge >= 0.3 is 6.18 Å². The number of halogens is 3. The molecule has 0 saturated heterocycles. The molecule has 0 spiro atoms. The molecule has 0 unspecified atom stereocenters. The first-order valence-corrected chi connectivity index (χ1v) is 10.5. The first-order valence-electron chi connectivity index (χ1n) is 9.64. The van der Waals surface area contributed by atoms with Crippen LogP contribution in [0.1, 0.15) is 17.5 Å². The number of phenolic OH excluding ortho intramolecular Hbond substituents is 1. The fourth-order valence-electron chi connectivity index (χ4n) is 3.03. The second kappa shape index (κ2) is 8.81. The number of phenols is 1. The summed E-state index contributed by atoms with van der Waals surface area (Å²) >= 11 is 1.53. The van der Waals surface area contributed by atoms with Crippen molar-refractivity contribution in [3.8, 4) is 16.3 Å². The lowest BCUT2D eigenvalue weighted by atomic mass is 10.1. The van der Waals surface area contributed by atoms with E-state index in [0.29, 0.717) is 5.69 Å². The number of nitrogens with zero attached hydrogens (tertiary/aromatic N) is 1. The second-order valence-corrected chi connectivity index (χ2v) is 8.07. The molecule has 0 aliphatic rings. The van der Waals surface area contributed by atoms with Crippen molar-refractivity contribution in [1.82, 2.24) is 4.98 Å². The van der Waals surface area contributed by atoms with Gasteiger partial charge in [0, 0.05) is 17.8 Å². The van der Waals surface area contributed by atoms with Gasteiger partial charge in [-0.2, -0.15) is 13.2 Å². The van der Waals surface area contributed by atoms with Gasteiger partial charge in [0.1, 0.15) is 10.8 Å². The molecule has 4 aromatic rings. The Morgan fingerprint density at radius 3 is 2.19 bits per heavy atom. The molecule has 1 aromatic heterocycles. The summed E-state index contributed by atoms with van der Waals surface area (Å²) in [5.41, 5.74) is 4.51. The van der Waals surface area contributed by atoms with Gasteiger partial charge in [0.2, 0.25) is 0 Å². The van der Waals surface area contributed by atoms with Crippen LogP contribution >= 0.6 is 11.3 Å². The highest BCUT2D eigenvalue weighted by Crippen LogP contribution is 2.32. The van der Waals surface area contributed by atoms with Crippen LogP contribution < -0.4 is 5.32 Å². The number of hydrogen-bond donors (Lipinski definition) is 2. The predicted octanol–water partition coefficient (Wildman–Crippen LogP) is 7.20. The number of anilines is 1. The van der Waals surface area contributed by atoms with Crippen LogP contribution in [-0.4, -0.2) is 22.8 Å². The van der Waals surface area contributed by atoms with E-state index in [1.807, 2.05) is 48.6 Å². The molecule has 4 rings (SSSR count). The van der Waals surface area contributed by atoms with Gasteiger partial charge in [-0.15, -0.1) is 11.3 Å². The van der Waals surface area contributed by atoms with Crippen molar-refractivity contribution in [2.45, 2.75) is 12.6 Å². The van der Waals surface area contributed by atoms with Crippen molar-refractivity contribution in [1.29, 1.82) is 0 Å². The number of alkyl halides is 3. The van der Waals surface area contributed by atoms with Gasteiger partial charge in [0.15, 0.2) is 0 Å². The van der Waals surface area contributed by atoms with Crippen molar-refractivity contribution in [3.63, 3.8) is 0 Å². The first kappa shape index (κ1) is 20.9. The van der Waals surface area contributed by atoms with Gasteiger partial charge in [-0.05, 0) is 41.5 Å². The average molecular weight is 440 g/mol. The van der Waals surface area contributed by atoms with Crippen LogP contribution in [0.2, 0.25) is 0 Å². The van der Waals surface area contributed by atoms with Crippen molar-refractivity contribution >= 4 is 39.4 Å². The summed E-state index contributed by atoms with van der Waals surface area (Å²) in [6.45, 7) is -0.138. The first-order chi connectivity index (χ1) is 14.9. The Hall–Kier alpha value is -3.32. The minimum atomic E-state index is -4.15. The molecule has 7 heteroatoms. The molecular formula is C24H19F3N2OS. The van der Waals surface area contributed by atoms with Crippen LogP contribution in [-0.2, 0) is 0 Å². The summed E-state index contributed by atoms with van der Waals surface area (Å²) in [7, 11) is 0. The lowest BCUT2D eigenvalue weighted by molar-refractivity contribution is -0.131. The molecule has 0 radical (unpaired) electrons. The van der Waals surface area contributed by atoms with Crippen LogP contribution in [0, 0.1) is 0 Å². The topological polar surface area (TPSA) is 45.2 Å². The van der Waals surface area contributed by atoms with E-state index in [0.717, 1.165) is 31.9 Å². The Kier molecular flexibility index (Phi) is 5.95. The zero-order valence-corrected chi connectivity index (χ0v) is 17.2. The zero-order valence-electron chi connectivity index (χ0n) is 16.4. The van der Waals surface area contributed by atoms with Gasteiger partial charge in [0.05, 0.1) is 16.6 Å². The summed E-state index contributed by atoms with van der Waals surface area (Å²) in [5.74, 6) is 0.230. The van der Waals surface area contributed by atoms with Crippen LogP contribution in [0.4, 0.5) is 18.9 Å². The molecule has 31 heavy (non-hydrogen) atoms. The highest BCUT2D eigenvalue weighted by atomic mass is 32.1. The number of fused-ring (bicyclic) bond motifs is 1. The molecule has 1 heterocycles. The molecule has 2 N–H and O–H groups in total. The Morgan fingerprint density at radius 1 is 0.903 bits per heavy atom. The molecule has 3 aromatic carbocycles. The maximum Gasteiger partial charge on any atom is 0.390 e. The zero-order chi connectivity index (χ0) is 21.8. The largest absolute Gasteiger partial charge is 0.508 e. The number of rotatable bonds is 6. The molecular weight excluding hydrogens is 421 g/mol. The second-order valence-electron chi connectivity index (χ2n) is 7.04. The van der Waals surface area contributed by atoms with E-state index in [9.17, 15) is 18.3 Å². The summed E-state index contributed by atoms with van der Waals surface area (Å²) in [6.07, 6.45) is -1.08. The van der Waals surface area contributed by atoms with Crippen LogP contribution in [0.15, 0.2) is 66.7 Å². The molecule has 158 valence electrons. The smallest absolute Gasteiger partial charge is 0.390 e. The van der Waals surface area contributed by atoms with Crippen molar-refractivity contribution in [2.24, 2.45) is 0 Å². The number of aromatic hydroxyl groups is 1. The van der Waals surface area contributed by atoms with Gasteiger partial charge in [-0.1, -0.05) is 48.6 Å². The third-order valence-electron chi connectivity index (χ3n) is 4.65. The highest BCUT2D eigenvalue weighted by molar-refractivity contribution is 7.21. The van der Waals surface area contributed by atoms with Crippen molar-refractivity contribution in [2.75, 3.05) is 11.9 Å². The molecule has 0 amide bonds. The predicted molar refractivity (Wildman–Crippen MR) is 121 cm³/mol. The van der Waals surface area contributed by atoms with Gasteiger partial charge in [-0.25, -0.2) is 4.98 Å². The monoisotopic (exact) mass is 440 g/mol. The SMILES string of the molecule is Oc1ccc2nc(-c3ccc(/C=C/c4ccc(NCCC(F)(F)F)cc4)cc3)sc2c1. The molecule has 0 fully saturated rings. The van der Waals surface area contributed by atoms with Crippen LogP contribution in [0.5, 0.6) is 5.75 Å². The highest BCUT2D eigenvalue weighted by Gasteiger charge is 2.26. The minimum Gasteiger partial charge on any atom is -0.508 e. The standard InChI is InChI=1S/C24H19F3N2OS/c25-24(26,27)13-14-28-19-9-5-17(6-10-19)2-1-16-3-7-18(8-4-16)23-29-21-12-11-20(30)15-22(21)31-23/h1-12,15,28,30H,13-14H2/b2-1+. The summed E-state index contributed by atoms with van der Waals surface area (Å²) in [4.78, 5) is 4.61. The molecule has 0 atom stereocenters. The number of nitrogens with one attached hydrogen (secondary N) is 1. The maximum absolute atomic E-state index is 12.2. The summed E-state index contributed by atoms with van der Waals surface area (Å²) in [6, 6.07) is 20.4. The molecule has 0 aliphatic heterocycles. The van der Waals surface area contributed by atoms with Crippen molar-refractivity contribution in [3.05, 3.63) is 77.9 Å². The minimum absolute atomic E-state index is 0.138. The van der Waals surface area contributed by atoms with E-state index in [1.165, 1.54) is 11.3 Å². The van der Waals surface area contributed by atoms with E-state index in [2.05, 4.69) is 10.3 Å². The number of thiazole rings is 1. The van der Waals surface area contributed by atoms with Crippen LogP contribution in [0.25, 0.3) is 32.9 Å². The number of aromatic nitrogens is 1. The quantitative estimate of drug-likeness (QED) is 0.312. The van der Waals surface area contributed by atoms with E-state index >= 15 is 0 Å². The van der Waals surface area contributed by atoms with Gasteiger partial charge in [0.25, 0.3) is 0 Å². The van der Waals surface area contributed by atoms with Gasteiger partial charge in [-0.3, -0.25) is 0 Å². The molecule has 0 saturated carbocycles. The lowest BCUT2D eigenvalue weighted by Gasteiger charge is -2.08. The average Bonchev–Trinajstić information content (AvgIpc) is 3.16. The summed E-state index contributed by atoms with van der Waals surface area (Å²) < 4.78 is 37.6. The maximum atomic E-state index is 12.2. The Balaban J connectivity index is 1.39. The van der Waals surface area contributed by atoms with E-state index in [-0.39, 0.29) is 12.3 Å². The van der Waals surface area contributed by atoms with E-state index in [1.54, 1.807) is 30.3 Å². The molecule has 3 nitrogen and oxygen atoms in total. The Morgan fingerprint density at radius 2 is 1.55 bits per heavy atom.